The number of rotatable bonds is 5. The molecule has 5 heteroatoms. The van der Waals surface area contributed by atoms with Gasteiger partial charge in [0.1, 0.15) is 0 Å². The van der Waals surface area contributed by atoms with Crippen molar-refractivity contribution in [1.82, 2.24) is 10.2 Å². The van der Waals surface area contributed by atoms with E-state index in [1.807, 2.05) is 19.9 Å². The molecule has 1 N–H and O–H groups in total. The molecule has 0 aliphatic carbocycles. The van der Waals surface area contributed by atoms with E-state index < -0.39 is 0 Å². The second-order valence-electron chi connectivity index (χ2n) is 5.20. The average molecular weight is 268 g/mol. The minimum Gasteiger partial charge on any atom is -0.466 e. The summed E-state index contributed by atoms with van der Waals surface area (Å²) in [7, 11) is 3.06. The van der Waals surface area contributed by atoms with Gasteiger partial charge in [-0.3, -0.25) is 9.69 Å². The van der Waals surface area contributed by atoms with Gasteiger partial charge in [-0.15, -0.1) is 0 Å². The Morgan fingerprint density at radius 1 is 1.47 bits per heavy atom. The molecule has 1 unspecified atom stereocenters. The molecule has 19 heavy (non-hydrogen) atoms. The highest BCUT2D eigenvalue weighted by Crippen LogP contribution is 2.29. The van der Waals surface area contributed by atoms with Crippen LogP contribution in [0.15, 0.2) is 11.6 Å². The third-order valence-electron chi connectivity index (χ3n) is 3.75. The van der Waals surface area contributed by atoms with E-state index in [0.29, 0.717) is 18.5 Å². The number of amides is 1. The predicted octanol–water partition coefficient (Wildman–Crippen LogP) is 0.954. The van der Waals surface area contributed by atoms with Crippen molar-refractivity contribution in [2.24, 2.45) is 5.41 Å². The molecule has 1 heterocycles. The first-order valence-corrected chi connectivity index (χ1v) is 6.68. The molecule has 108 valence electrons. The van der Waals surface area contributed by atoms with E-state index >= 15 is 0 Å². The molecule has 1 aliphatic rings. The lowest BCUT2D eigenvalue weighted by molar-refractivity contribution is -0.136. The van der Waals surface area contributed by atoms with Crippen LogP contribution in [0.1, 0.15) is 26.7 Å². The molecule has 0 radical (unpaired) electrons. The zero-order valence-electron chi connectivity index (χ0n) is 12.3. The Kier molecular flexibility index (Phi) is 5.54. The Morgan fingerprint density at radius 2 is 2.16 bits per heavy atom. The van der Waals surface area contributed by atoms with Gasteiger partial charge in [0.25, 0.3) is 0 Å². The number of hydrogen-bond donors (Lipinski definition) is 1. The quantitative estimate of drug-likeness (QED) is 0.596. The predicted molar refractivity (Wildman–Crippen MR) is 73.6 cm³/mol. The Balaban J connectivity index is 2.59. The van der Waals surface area contributed by atoms with Gasteiger partial charge in [0, 0.05) is 25.7 Å². The first-order valence-electron chi connectivity index (χ1n) is 6.68. The fourth-order valence-electron chi connectivity index (χ4n) is 2.44. The molecule has 0 bridgehead atoms. The number of methoxy groups -OCH3 is 1. The molecule has 1 fully saturated rings. The number of ether oxygens (including phenoxy) is 1. The van der Waals surface area contributed by atoms with E-state index in [9.17, 15) is 9.59 Å². The first kappa shape index (κ1) is 15.7. The van der Waals surface area contributed by atoms with Crippen molar-refractivity contribution in [2.45, 2.75) is 26.7 Å². The highest BCUT2D eigenvalue weighted by Gasteiger charge is 2.39. The van der Waals surface area contributed by atoms with E-state index in [2.05, 4.69) is 10.2 Å². The Hall–Kier alpha value is -1.36. The smallest absolute Gasteiger partial charge is 0.333 e. The highest BCUT2D eigenvalue weighted by molar-refractivity contribution is 5.88. The van der Waals surface area contributed by atoms with Crippen LogP contribution in [-0.2, 0) is 14.3 Å². The summed E-state index contributed by atoms with van der Waals surface area (Å²) >= 11 is 0. The van der Waals surface area contributed by atoms with Crippen molar-refractivity contribution >= 4 is 11.9 Å². The molecule has 0 spiro atoms. The molecule has 5 nitrogen and oxygen atoms in total. The van der Waals surface area contributed by atoms with Crippen molar-refractivity contribution in [1.29, 1.82) is 0 Å². The third-order valence-corrected chi connectivity index (χ3v) is 3.75. The lowest BCUT2D eigenvalue weighted by Crippen LogP contribution is -2.39. The summed E-state index contributed by atoms with van der Waals surface area (Å²) < 4.78 is 4.73. The summed E-state index contributed by atoms with van der Waals surface area (Å²) in [6.07, 6.45) is 3.41. The molecule has 1 atom stereocenters. The van der Waals surface area contributed by atoms with Crippen LogP contribution in [0.25, 0.3) is 0 Å². The van der Waals surface area contributed by atoms with E-state index in [1.165, 1.54) is 7.11 Å². The molecule has 1 saturated heterocycles. The minimum absolute atomic E-state index is 0.0858. The van der Waals surface area contributed by atoms with E-state index in [0.717, 1.165) is 19.5 Å². The molecule has 1 aliphatic heterocycles. The molecular weight excluding hydrogens is 244 g/mol. The number of carbonyl (C=O) groups is 2. The van der Waals surface area contributed by atoms with Gasteiger partial charge in [0.05, 0.1) is 12.5 Å². The summed E-state index contributed by atoms with van der Waals surface area (Å²) in [6, 6.07) is 0. The van der Waals surface area contributed by atoms with Gasteiger partial charge < -0.3 is 10.1 Å². The molecule has 1 amide bonds. The second-order valence-corrected chi connectivity index (χ2v) is 5.20. The largest absolute Gasteiger partial charge is 0.466 e. The maximum absolute atomic E-state index is 11.8. The Morgan fingerprint density at radius 3 is 2.68 bits per heavy atom. The molecule has 1 rings (SSSR count). The van der Waals surface area contributed by atoms with Crippen molar-refractivity contribution in [3.63, 3.8) is 0 Å². The number of nitrogens with one attached hydrogen (secondary N) is 1. The summed E-state index contributed by atoms with van der Waals surface area (Å²) in [5, 5.41) is 2.72. The summed E-state index contributed by atoms with van der Waals surface area (Å²) in [4.78, 5) is 25.4. The van der Waals surface area contributed by atoms with Gasteiger partial charge in [0.2, 0.25) is 5.91 Å². The molecule has 0 aromatic rings. The molecule has 0 aromatic carbocycles. The minimum atomic E-state index is -0.319. The van der Waals surface area contributed by atoms with E-state index in [4.69, 9.17) is 4.74 Å². The van der Waals surface area contributed by atoms with Crippen LogP contribution < -0.4 is 5.32 Å². The standard InChI is InChI=1S/C14H24N2O3/c1-5-11(12(17)19-4)6-8-16-9-7-14(2,10-16)13(18)15-3/h6H,5,7-10H2,1-4H3,(H,15,18). The maximum Gasteiger partial charge on any atom is 0.333 e. The number of hydrogen-bond acceptors (Lipinski definition) is 4. The number of likely N-dealkylation sites (tertiary alicyclic amines) is 1. The normalized spacial score (nSPS) is 24.3. The zero-order valence-corrected chi connectivity index (χ0v) is 12.3. The van der Waals surface area contributed by atoms with Crippen molar-refractivity contribution in [3.05, 3.63) is 11.6 Å². The number of carbonyl (C=O) groups excluding carboxylic acids is 2. The van der Waals surface area contributed by atoms with Gasteiger partial charge in [-0.1, -0.05) is 13.0 Å². The molecule has 0 aromatic heterocycles. The van der Waals surface area contributed by atoms with Crippen molar-refractivity contribution in [3.8, 4) is 0 Å². The van der Waals surface area contributed by atoms with E-state index in [1.54, 1.807) is 7.05 Å². The van der Waals surface area contributed by atoms with Crippen LogP contribution in [-0.4, -0.2) is 50.6 Å². The molecule has 0 saturated carbocycles. The summed E-state index contributed by atoms with van der Waals surface area (Å²) in [5.41, 5.74) is 0.372. The second kappa shape index (κ2) is 6.70. The Bertz CT molecular complexity index is 379. The van der Waals surface area contributed by atoms with Crippen molar-refractivity contribution in [2.75, 3.05) is 33.8 Å². The van der Waals surface area contributed by atoms with Crippen LogP contribution in [0.5, 0.6) is 0 Å². The van der Waals surface area contributed by atoms with Gasteiger partial charge in [-0.2, -0.15) is 0 Å². The lowest BCUT2D eigenvalue weighted by atomic mass is 9.89. The monoisotopic (exact) mass is 268 g/mol. The zero-order chi connectivity index (χ0) is 14.5. The highest BCUT2D eigenvalue weighted by atomic mass is 16.5. The SMILES string of the molecule is CCC(=CCN1CCC(C)(C(=O)NC)C1)C(=O)OC. The summed E-state index contributed by atoms with van der Waals surface area (Å²) in [5.74, 6) is -0.182. The first-order chi connectivity index (χ1) is 8.96. The fraction of sp³-hybridized carbons (Fsp3) is 0.714. The van der Waals surface area contributed by atoms with Crippen LogP contribution in [0.3, 0.4) is 0 Å². The van der Waals surface area contributed by atoms with Gasteiger partial charge >= 0.3 is 5.97 Å². The van der Waals surface area contributed by atoms with Gasteiger partial charge in [0.15, 0.2) is 0 Å². The van der Waals surface area contributed by atoms with Crippen LogP contribution in [0.4, 0.5) is 0 Å². The van der Waals surface area contributed by atoms with Crippen LogP contribution in [0, 0.1) is 5.41 Å². The topological polar surface area (TPSA) is 58.6 Å². The number of esters is 1. The molecular formula is C14H24N2O3. The van der Waals surface area contributed by atoms with E-state index in [-0.39, 0.29) is 17.3 Å². The van der Waals surface area contributed by atoms with Gasteiger partial charge in [-0.05, 0) is 26.3 Å². The van der Waals surface area contributed by atoms with Crippen LogP contribution in [0.2, 0.25) is 0 Å². The van der Waals surface area contributed by atoms with Crippen molar-refractivity contribution < 1.29 is 14.3 Å². The lowest BCUT2D eigenvalue weighted by Gasteiger charge is -2.22. The fourth-order valence-corrected chi connectivity index (χ4v) is 2.44. The average Bonchev–Trinajstić information content (AvgIpc) is 2.81. The summed E-state index contributed by atoms with van der Waals surface area (Å²) in [6.45, 7) is 6.20. The van der Waals surface area contributed by atoms with Crippen LogP contribution >= 0.6 is 0 Å². The maximum atomic E-state index is 11.8. The van der Waals surface area contributed by atoms with Gasteiger partial charge in [-0.25, -0.2) is 4.79 Å². The number of nitrogens with zero attached hydrogens (tertiary/aromatic N) is 1. The Labute approximate surface area is 115 Å². The third kappa shape index (κ3) is 3.80.